The van der Waals surface area contributed by atoms with Crippen LogP contribution in [0.15, 0.2) is 0 Å². The van der Waals surface area contributed by atoms with Gasteiger partial charge in [-0.05, 0) is 58.8 Å². The van der Waals surface area contributed by atoms with Crippen molar-refractivity contribution in [3.8, 4) is 0 Å². The summed E-state index contributed by atoms with van der Waals surface area (Å²) in [6.45, 7) is 9.29. The quantitative estimate of drug-likeness (QED) is 0.814. The molecule has 1 aliphatic carbocycles. The first-order valence-corrected chi connectivity index (χ1v) is 8.58. The Morgan fingerprint density at radius 1 is 1.15 bits per heavy atom. The Morgan fingerprint density at radius 3 is 2.40 bits per heavy atom. The Labute approximate surface area is 124 Å². The second kappa shape index (κ2) is 5.91. The molecule has 2 aliphatic heterocycles. The van der Waals surface area contributed by atoms with E-state index in [0.29, 0.717) is 0 Å². The van der Waals surface area contributed by atoms with Gasteiger partial charge in [0.15, 0.2) is 0 Å². The van der Waals surface area contributed by atoms with Crippen LogP contribution in [0.1, 0.15) is 39.0 Å². The van der Waals surface area contributed by atoms with Crippen LogP contribution in [-0.4, -0.2) is 78.6 Å². The molecule has 0 bridgehead atoms. The lowest BCUT2D eigenvalue weighted by molar-refractivity contribution is 0.0436. The van der Waals surface area contributed by atoms with Crippen molar-refractivity contribution >= 4 is 0 Å². The molecule has 0 aromatic rings. The lowest BCUT2D eigenvalue weighted by Crippen LogP contribution is -2.59. The van der Waals surface area contributed by atoms with Gasteiger partial charge in [0, 0.05) is 37.3 Å². The Balaban J connectivity index is 1.61. The summed E-state index contributed by atoms with van der Waals surface area (Å²) in [5.74, 6) is 0. The van der Waals surface area contributed by atoms with Gasteiger partial charge in [0.25, 0.3) is 0 Å². The van der Waals surface area contributed by atoms with Crippen molar-refractivity contribution in [3.63, 3.8) is 0 Å². The predicted molar refractivity (Wildman–Crippen MR) is 83.9 cm³/mol. The minimum Gasteiger partial charge on any atom is -0.329 e. The Kier molecular flexibility index (Phi) is 4.37. The molecule has 1 unspecified atom stereocenters. The summed E-state index contributed by atoms with van der Waals surface area (Å²) in [5.41, 5.74) is 6.49. The van der Waals surface area contributed by atoms with Crippen LogP contribution in [0.5, 0.6) is 0 Å². The van der Waals surface area contributed by atoms with Gasteiger partial charge in [-0.2, -0.15) is 0 Å². The molecule has 116 valence electrons. The van der Waals surface area contributed by atoms with Crippen LogP contribution in [0.4, 0.5) is 0 Å². The minimum absolute atomic E-state index is 0.252. The zero-order chi connectivity index (χ0) is 14.2. The summed E-state index contributed by atoms with van der Waals surface area (Å²) in [4.78, 5) is 7.94. The second-order valence-corrected chi connectivity index (χ2v) is 7.16. The molecule has 2 N–H and O–H groups in total. The fourth-order valence-electron chi connectivity index (χ4n) is 4.25. The number of rotatable bonds is 5. The fourth-order valence-corrected chi connectivity index (χ4v) is 4.25. The monoisotopic (exact) mass is 280 g/mol. The van der Waals surface area contributed by atoms with Gasteiger partial charge in [-0.3, -0.25) is 9.80 Å². The molecule has 3 rings (SSSR count). The van der Waals surface area contributed by atoms with Gasteiger partial charge in [-0.15, -0.1) is 0 Å². The first-order chi connectivity index (χ1) is 9.68. The average molecular weight is 280 g/mol. The van der Waals surface area contributed by atoms with E-state index in [2.05, 4.69) is 28.7 Å². The maximum atomic E-state index is 6.23. The highest BCUT2D eigenvalue weighted by Gasteiger charge is 2.46. The molecule has 0 radical (unpaired) electrons. The molecule has 4 heteroatoms. The summed E-state index contributed by atoms with van der Waals surface area (Å²) in [5, 5.41) is 0. The van der Waals surface area contributed by atoms with Crippen molar-refractivity contribution in [3.05, 3.63) is 0 Å². The average Bonchev–Trinajstić information content (AvgIpc) is 3.26. The maximum Gasteiger partial charge on any atom is 0.0470 e. The molecule has 0 aromatic heterocycles. The molecule has 3 fully saturated rings. The van der Waals surface area contributed by atoms with Gasteiger partial charge in [-0.1, -0.05) is 6.92 Å². The van der Waals surface area contributed by atoms with Crippen molar-refractivity contribution in [2.24, 2.45) is 5.73 Å². The standard InChI is InChI=1S/C16H32N4/c1-3-19-9-6-14(7-10-19)18(2)16(12-17)8-11-20(13-16)15-4-5-15/h14-15H,3-13,17H2,1-2H3. The van der Waals surface area contributed by atoms with Crippen molar-refractivity contribution in [1.82, 2.24) is 14.7 Å². The first kappa shape index (κ1) is 14.8. The smallest absolute Gasteiger partial charge is 0.0470 e. The van der Waals surface area contributed by atoms with Gasteiger partial charge < -0.3 is 10.6 Å². The van der Waals surface area contributed by atoms with E-state index in [1.807, 2.05) is 0 Å². The summed E-state index contributed by atoms with van der Waals surface area (Å²) in [6.07, 6.45) is 6.73. The van der Waals surface area contributed by atoms with E-state index < -0.39 is 0 Å². The number of nitrogens with two attached hydrogens (primary N) is 1. The third kappa shape index (κ3) is 2.76. The number of likely N-dealkylation sites (tertiary alicyclic amines) is 2. The molecule has 1 saturated carbocycles. The van der Waals surface area contributed by atoms with Gasteiger partial charge in [0.1, 0.15) is 0 Å². The largest absolute Gasteiger partial charge is 0.329 e. The van der Waals surface area contributed by atoms with E-state index in [9.17, 15) is 0 Å². The van der Waals surface area contributed by atoms with Crippen molar-refractivity contribution in [2.75, 3.05) is 46.3 Å². The molecular formula is C16H32N4. The number of hydrogen-bond acceptors (Lipinski definition) is 4. The van der Waals surface area contributed by atoms with E-state index in [-0.39, 0.29) is 5.54 Å². The topological polar surface area (TPSA) is 35.7 Å². The fraction of sp³-hybridized carbons (Fsp3) is 1.00. The SMILES string of the molecule is CCN1CCC(N(C)C2(CN)CCN(C3CC3)C2)CC1. The number of hydrogen-bond donors (Lipinski definition) is 1. The number of likely N-dealkylation sites (N-methyl/N-ethyl adjacent to an activating group) is 1. The predicted octanol–water partition coefficient (Wildman–Crippen LogP) is 0.968. The van der Waals surface area contributed by atoms with Crippen LogP contribution in [-0.2, 0) is 0 Å². The molecule has 0 spiro atoms. The molecule has 2 saturated heterocycles. The summed E-state index contributed by atoms with van der Waals surface area (Å²) < 4.78 is 0. The van der Waals surface area contributed by atoms with E-state index in [1.165, 1.54) is 64.8 Å². The van der Waals surface area contributed by atoms with Crippen molar-refractivity contribution < 1.29 is 0 Å². The van der Waals surface area contributed by atoms with Crippen LogP contribution in [0.25, 0.3) is 0 Å². The van der Waals surface area contributed by atoms with E-state index >= 15 is 0 Å². The highest BCUT2D eigenvalue weighted by atomic mass is 15.3. The minimum atomic E-state index is 0.252. The Hall–Kier alpha value is -0.160. The molecule has 4 nitrogen and oxygen atoms in total. The summed E-state index contributed by atoms with van der Waals surface area (Å²) in [7, 11) is 2.34. The second-order valence-electron chi connectivity index (χ2n) is 7.16. The third-order valence-electron chi connectivity index (χ3n) is 6.11. The normalized spacial score (nSPS) is 34.2. The lowest BCUT2D eigenvalue weighted by atomic mass is 9.91. The van der Waals surface area contributed by atoms with Crippen LogP contribution < -0.4 is 5.73 Å². The first-order valence-electron chi connectivity index (χ1n) is 8.58. The third-order valence-corrected chi connectivity index (χ3v) is 6.11. The highest BCUT2D eigenvalue weighted by molar-refractivity contribution is 5.04. The van der Waals surface area contributed by atoms with Crippen molar-refractivity contribution in [1.29, 1.82) is 0 Å². The molecule has 0 amide bonds. The van der Waals surface area contributed by atoms with E-state index in [4.69, 9.17) is 5.73 Å². The summed E-state index contributed by atoms with van der Waals surface area (Å²) in [6, 6.07) is 1.62. The molecule has 0 aromatic carbocycles. The lowest BCUT2D eigenvalue weighted by Gasteiger charge is -2.46. The summed E-state index contributed by atoms with van der Waals surface area (Å²) >= 11 is 0. The number of piperidine rings is 1. The molecule has 3 aliphatic rings. The van der Waals surface area contributed by atoms with Gasteiger partial charge in [0.05, 0.1) is 0 Å². The zero-order valence-corrected chi connectivity index (χ0v) is 13.4. The van der Waals surface area contributed by atoms with Gasteiger partial charge in [-0.25, -0.2) is 0 Å². The molecule has 2 heterocycles. The van der Waals surface area contributed by atoms with E-state index in [0.717, 1.165) is 18.6 Å². The van der Waals surface area contributed by atoms with E-state index in [1.54, 1.807) is 0 Å². The van der Waals surface area contributed by atoms with Crippen LogP contribution >= 0.6 is 0 Å². The maximum absolute atomic E-state index is 6.23. The Bertz CT molecular complexity index is 322. The highest BCUT2D eigenvalue weighted by Crippen LogP contribution is 2.37. The molecule has 20 heavy (non-hydrogen) atoms. The van der Waals surface area contributed by atoms with Gasteiger partial charge >= 0.3 is 0 Å². The van der Waals surface area contributed by atoms with Crippen LogP contribution in [0.2, 0.25) is 0 Å². The number of nitrogens with zero attached hydrogens (tertiary/aromatic N) is 3. The molecular weight excluding hydrogens is 248 g/mol. The van der Waals surface area contributed by atoms with Gasteiger partial charge in [0.2, 0.25) is 0 Å². The molecule has 1 atom stereocenters. The van der Waals surface area contributed by atoms with Crippen molar-refractivity contribution in [2.45, 2.75) is 56.7 Å². The zero-order valence-electron chi connectivity index (χ0n) is 13.4. The van der Waals surface area contributed by atoms with Crippen LogP contribution in [0, 0.1) is 0 Å². The Morgan fingerprint density at radius 2 is 1.85 bits per heavy atom. The van der Waals surface area contributed by atoms with Crippen LogP contribution in [0.3, 0.4) is 0 Å².